The normalized spacial score (nSPS) is 31.3. The van der Waals surface area contributed by atoms with Crippen molar-refractivity contribution in [1.29, 1.82) is 0 Å². The van der Waals surface area contributed by atoms with Crippen LogP contribution in [0.3, 0.4) is 0 Å². The zero-order valence-electron chi connectivity index (χ0n) is 25.7. The fourth-order valence-electron chi connectivity index (χ4n) is 8.82. The summed E-state index contributed by atoms with van der Waals surface area (Å²) < 4.78 is 19.4. The second-order valence-corrected chi connectivity index (χ2v) is 13.8. The molecule has 0 spiro atoms. The van der Waals surface area contributed by atoms with Crippen molar-refractivity contribution >= 4 is 47.0 Å². The lowest BCUT2D eigenvalue weighted by atomic mass is 9.52. The maximum absolute atomic E-state index is 14.4. The average Bonchev–Trinajstić information content (AvgIpc) is 3.42. The highest BCUT2D eigenvalue weighted by Crippen LogP contribution is 2.61. The van der Waals surface area contributed by atoms with Gasteiger partial charge in [-0.1, -0.05) is 60.7 Å². The van der Waals surface area contributed by atoms with Crippen LogP contribution in [0.4, 0.5) is 10.1 Å². The van der Waals surface area contributed by atoms with E-state index in [1.165, 1.54) is 30.2 Å². The van der Waals surface area contributed by atoms with Gasteiger partial charge in [-0.25, -0.2) is 9.29 Å². The van der Waals surface area contributed by atoms with Crippen LogP contribution in [-0.4, -0.2) is 46.8 Å². The van der Waals surface area contributed by atoms with Gasteiger partial charge in [-0.2, -0.15) is 0 Å². The van der Waals surface area contributed by atoms with Crippen LogP contribution in [0, 0.1) is 40.8 Å². The van der Waals surface area contributed by atoms with Crippen LogP contribution in [0.5, 0.6) is 11.5 Å². The number of methoxy groups -OCH3 is 1. The molecule has 3 aliphatic carbocycles. The number of carbonyl (C=O) groups is 4. The number of halogens is 2. The van der Waals surface area contributed by atoms with Crippen LogP contribution in [-0.2, 0) is 19.2 Å². The van der Waals surface area contributed by atoms with E-state index in [1.807, 2.05) is 18.2 Å². The van der Waals surface area contributed by atoms with Crippen LogP contribution < -0.4 is 9.64 Å². The SMILES string of the molecule is COc1cc(C=C[C@H]2C3=CC[C@@H]4C(=O)N(C5CCCCC5)C(=O)[C@@H]4[C@@H]3C[C@H]3C(=O)N(c4ccc(F)c(Cl)c4)C(=O)[C@@]23C)ccc1O. The molecule has 0 radical (unpaired) electrons. The quantitative estimate of drug-likeness (QED) is 0.302. The van der Waals surface area contributed by atoms with Crippen molar-refractivity contribution in [3.05, 3.63) is 70.5 Å². The number of nitrogens with zero attached hydrogens (tertiary/aromatic N) is 2. The van der Waals surface area contributed by atoms with Crippen LogP contribution in [0.25, 0.3) is 6.08 Å². The first kappa shape index (κ1) is 30.7. The van der Waals surface area contributed by atoms with Gasteiger partial charge in [0.1, 0.15) is 5.82 Å². The predicted molar refractivity (Wildman–Crippen MR) is 169 cm³/mol. The molecule has 0 bridgehead atoms. The lowest BCUT2D eigenvalue weighted by Crippen LogP contribution is -2.49. The van der Waals surface area contributed by atoms with E-state index in [-0.39, 0.29) is 46.5 Å². The Hall–Kier alpha value is -3.98. The van der Waals surface area contributed by atoms with E-state index in [2.05, 4.69) is 0 Å². The number of imide groups is 2. The molecule has 46 heavy (non-hydrogen) atoms. The van der Waals surface area contributed by atoms with Crippen molar-refractivity contribution in [2.75, 3.05) is 12.0 Å². The van der Waals surface area contributed by atoms with Gasteiger partial charge >= 0.3 is 0 Å². The second-order valence-electron chi connectivity index (χ2n) is 13.4. The lowest BCUT2D eigenvalue weighted by molar-refractivity contribution is -0.144. The number of allylic oxidation sites excluding steroid dienone is 3. The zero-order chi connectivity index (χ0) is 32.5. The maximum atomic E-state index is 14.4. The summed E-state index contributed by atoms with van der Waals surface area (Å²) in [6.45, 7) is 1.79. The molecule has 7 rings (SSSR count). The standard InChI is InChI=1S/C36H36ClFN2O6/c1-36-25(13-8-19-9-15-29(41)30(16-19)46-2)22-11-12-23-31(34(44)39(32(23)42)20-6-4-3-5-7-20)24(22)18-26(36)33(43)40(35(36)45)21-10-14-28(38)27(37)17-21/h8-11,13-17,20,23-26,31,41H,3-7,12,18H2,1-2H3/t23-,24+,25-,26-,31-,36-/m0/s1. The van der Waals surface area contributed by atoms with Gasteiger partial charge in [0.2, 0.25) is 23.6 Å². The molecule has 5 aliphatic rings. The Kier molecular flexibility index (Phi) is 7.58. The number of phenolic OH excluding ortho intramolecular Hbond substituents is 1. The number of carbonyl (C=O) groups excluding carboxylic acids is 4. The molecular weight excluding hydrogens is 611 g/mol. The molecule has 2 saturated heterocycles. The van der Waals surface area contributed by atoms with Crippen LogP contribution in [0.1, 0.15) is 57.4 Å². The van der Waals surface area contributed by atoms with Gasteiger partial charge in [0.05, 0.1) is 41.0 Å². The fourth-order valence-corrected chi connectivity index (χ4v) is 8.99. The Balaban J connectivity index is 1.32. The predicted octanol–water partition coefficient (Wildman–Crippen LogP) is 6.30. The minimum absolute atomic E-state index is 0.0115. The number of likely N-dealkylation sites (tertiary alicyclic amines) is 1. The van der Waals surface area contributed by atoms with Gasteiger partial charge in [-0.3, -0.25) is 24.1 Å². The molecule has 6 atom stereocenters. The van der Waals surface area contributed by atoms with Gasteiger partial charge in [0, 0.05) is 12.0 Å². The summed E-state index contributed by atoms with van der Waals surface area (Å²) in [5.74, 6) is -4.38. The average molecular weight is 647 g/mol. The second kappa shape index (κ2) is 11.4. The fraction of sp³-hybridized carbons (Fsp3) is 0.444. The number of fused-ring (bicyclic) bond motifs is 4. The first-order chi connectivity index (χ1) is 22.1. The van der Waals surface area contributed by atoms with Gasteiger partial charge in [0.25, 0.3) is 0 Å². The Labute approximate surface area is 271 Å². The van der Waals surface area contributed by atoms with Crippen molar-refractivity contribution in [1.82, 2.24) is 4.90 Å². The number of rotatable bonds is 5. The van der Waals surface area contributed by atoms with E-state index < -0.39 is 52.6 Å². The molecule has 4 amide bonds. The Bertz CT molecular complexity index is 1720. The van der Waals surface area contributed by atoms with Crippen molar-refractivity contribution in [2.24, 2.45) is 35.0 Å². The van der Waals surface area contributed by atoms with E-state index in [9.17, 15) is 28.7 Å². The number of hydrogen-bond acceptors (Lipinski definition) is 6. The first-order valence-electron chi connectivity index (χ1n) is 16.0. The molecule has 0 aromatic heterocycles. The Morgan fingerprint density at radius 3 is 2.48 bits per heavy atom. The molecule has 4 fully saturated rings. The summed E-state index contributed by atoms with van der Waals surface area (Å²) in [6, 6.07) is 8.60. The first-order valence-corrected chi connectivity index (χ1v) is 16.4. The van der Waals surface area contributed by atoms with Crippen molar-refractivity contribution < 1.29 is 33.4 Å². The van der Waals surface area contributed by atoms with Crippen LogP contribution in [0.15, 0.2) is 54.1 Å². The molecule has 10 heteroatoms. The van der Waals surface area contributed by atoms with Crippen LogP contribution in [0.2, 0.25) is 5.02 Å². The molecule has 240 valence electrons. The van der Waals surface area contributed by atoms with E-state index in [0.29, 0.717) is 12.0 Å². The molecule has 8 nitrogen and oxygen atoms in total. The third-order valence-corrected chi connectivity index (χ3v) is 11.5. The smallest absolute Gasteiger partial charge is 0.241 e. The topological polar surface area (TPSA) is 104 Å². The highest BCUT2D eigenvalue weighted by Gasteiger charge is 2.67. The number of phenols is 1. The summed E-state index contributed by atoms with van der Waals surface area (Å²) in [5.41, 5.74) is 0.558. The third-order valence-electron chi connectivity index (χ3n) is 11.2. The van der Waals surface area contributed by atoms with E-state index >= 15 is 0 Å². The molecule has 2 aromatic carbocycles. The summed E-state index contributed by atoms with van der Waals surface area (Å²) in [7, 11) is 1.46. The summed E-state index contributed by atoms with van der Waals surface area (Å²) in [5, 5.41) is 9.91. The number of aromatic hydroxyl groups is 1. The summed E-state index contributed by atoms with van der Waals surface area (Å²) in [6.07, 6.45) is 11.1. The number of amides is 4. The van der Waals surface area contributed by atoms with Crippen LogP contribution >= 0.6 is 11.6 Å². The largest absolute Gasteiger partial charge is 0.504 e. The molecule has 0 unspecified atom stereocenters. The third kappa shape index (κ3) is 4.53. The number of benzene rings is 2. The van der Waals surface area contributed by atoms with E-state index in [4.69, 9.17) is 16.3 Å². The van der Waals surface area contributed by atoms with Crippen molar-refractivity contribution in [3.8, 4) is 11.5 Å². The monoisotopic (exact) mass is 646 g/mol. The molecule has 2 aliphatic heterocycles. The molecule has 2 saturated carbocycles. The summed E-state index contributed by atoms with van der Waals surface area (Å²) in [4.78, 5) is 59.2. The molecular formula is C36H36ClFN2O6. The highest BCUT2D eigenvalue weighted by atomic mass is 35.5. The Morgan fingerprint density at radius 2 is 1.76 bits per heavy atom. The minimum Gasteiger partial charge on any atom is -0.504 e. The van der Waals surface area contributed by atoms with Gasteiger partial charge < -0.3 is 9.84 Å². The molecule has 2 heterocycles. The number of ether oxygens (including phenoxy) is 1. The number of hydrogen-bond donors (Lipinski definition) is 1. The molecule has 1 N–H and O–H groups in total. The van der Waals surface area contributed by atoms with Gasteiger partial charge in [-0.05, 0) is 74.4 Å². The van der Waals surface area contributed by atoms with E-state index in [1.54, 1.807) is 19.1 Å². The maximum Gasteiger partial charge on any atom is 0.241 e. The van der Waals surface area contributed by atoms with E-state index in [0.717, 1.165) is 48.6 Å². The molecule has 2 aromatic rings. The zero-order valence-corrected chi connectivity index (χ0v) is 26.5. The lowest BCUT2D eigenvalue weighted by Gasteiger charge is -2.48. The highest BCUT2D eigenvalue weighted by molar-refractivity contribution is 6.31. The van der Waals surface area contributed by atoms with Crippen molar-refractivity contribution in [2.45, 2.75) is 57.9 Å². The van der Waals surface area contributed by atoms with Crippen molar-refractivity contribution in [3.63, 3.8) is 0 Å². The summed E-state index contributed by atoms with van der Waals surface area (Å²) >= 11 is 6.08. The Morgan fingerprint density at radius 1 is 1.00 bits per heavy atom. The van der Waals surface area contributed by atoms with Gasteiger partial charge in [0.15, 0.2) is 11.5 Å². The number of anilines is 1. The minimum atomic E-state index is -1.22. The van der Waals surface area contributed by atoms with Gasteiger partial charge in [-0.15, -0.1) is 0 Å².